The maximum Gasteiger partial charge on any atom is 0.0798 e. The third-order valence-corrected chi connectivity index (χ3v) is 9.86. The lowest BCUT2D eigenvalue weighted by Gasteiger charge is -2.53. The Morgan fingerprint density at radius 3 is 0.933 bits per heavy atom. The van der Waals surface area contributed by atoms with Gasteiger partial charge < -0.3 is 45.6 Å². The number of aliphatic hydroxyl groups is 8. The zero-order valence-electron chi connectivity index (χ0n) is 29.4. The summed E-state index contributed by atoms with van der Waals surface area (Å²) < 4.78 is 7.33. The van der Waals surface area contributed by atoms with Gasteiger partial charge in [0.2, 0.25) is 0 Å². The van der Waals surface area contributed by atoms with Gasteiger partial charge in [-0.3, -0.25) is 0 Å². The maximum absolute atomic E-state index is 10.9. The Labute approximate surface area is 275 Å². The quantitative estimate of drug-likeness (QED) is 0.0466. The van der Waals surface area contributed by atoms with Gasteiger partial charge in [-0.05, 0) is 24.7 Å². The molecular formula is C36H74O9. The van der Waals surface area contributed by atoms with E-state index in [0.29, 0.717) is 12.8 Å². The van der Waals surface area contributed by atoms with Crippen LogP contribution in [-0.2, 0) is 4.74 Å². The third kappa shape index (κ3) is 17.6. The highest BCUT2D eigenvalue weighted by atomic mass is 16.5. The molecule has 0 aliphatic carbocycles. The number of hydrogen-bond donors (Lipinski definition) is 8. The molecule has 0 aromatic carbocycles. The molecule has 0 aliphatic rings. The first-order valence-electron chi connectivity index (χ1n) is 18.4. The molecule has 0 fully saturated rings. The Morgan fingerprint density at radius 1 is 0.422 bits per heavy atom. The van der Waals surface area contributed by atoms with Crippen molar-refractivity contribution in [3.8, 4) is 0 Å². The zero-order valence-corrected chi connectivity index (χ0v) is 29.4. The number of ether oxygens (including phenoxy) is 1. The normalized spacial score (nSPS) is 18.9. The molecule has 0 spiro atoms. The van der Waals surface area contributed by atoms with E-state index in [9.17, 15) is 40.9 Å². The van der Waals surface area contributed by atoms with E-state index in [4.69, 9.17) is 4.74 Å². The highest BCUT2D eigenvalue weighted by molar-refractivity contribution is 5.00. The SMILES string of the molecule is CCCCCCCCC(CC)C(CC(O)CO)(CC(O)CO)OC(CC(O)CO)(CC(O)CO)C(CC)CCCCCCCC. The van der Waals surface area contributed by atoms with Gasteiger partial charge in [-0.2, -0.15) is 0 Å². The van der Waals surface area contributed by atoms with Crippen LogP contribution in [0.1, 0.15) is 156 Å². The Morgan fingerprint density at radius 2 is 0.689 bits per heavy atom. The molecule has 0 rings (SSSR count). The monoisotopic (exact) mass is 651 g/mol. The molecule has 9 nitrogen and oxygen atoms in total. The van der Waals surface area contributed by atoms with E-state index in [1.54, 1.807) is 0 Å². The van der Waals surface area contributed by atoms with Crippen LogP contribution in [0.3, 0.4) is 0 Å². The molecule has 0 saturated carbocycles. The second kappa shape index (κ2) is 26.6. The summed E-state index contributed by atoms with van der Waals surface area (Å²) in [5.74, 6) is -0.343. The van der Waals surface area contributed by atoms with Crippen LogP contribution in [0.4, 0.5) is 0 Å². The van der Waals surface area contributed by atoms with Gasteiger partial charge in [0.15, 0.2) is 0 Å². The van der Waals surface area contributed by atoms with Crippen molar-refractivity contribution in [2.24, 2.45) is 11.8 Å². The highest BCUT2D eigenvalue weighted by Crippen LogP contribution is 2.48. The van der Waals surface area contributed by atoms with Crippen LogP contribution in [0.15, 0.2) is 0 Å². The van der Waals surface area contributed by atoms with Crippen LogP contribution in [0.25, 0.3) is 0 Å². The van der Waals surface area contributed by atoms with Crippen molar-refractivity contribution < 1.29 is 45.6 Å². The van der Waals surface area contributed by atoms with Crippen molar-refractivity contribution in [1.29, 1.82) is 0 Å². The smallest absolute Gasteiger partial charge is 0.0798 e. The minimum atomic E-state index is -1.22. The standard InChI is InChI=1S/C36H74O9/c1-5-9-11-13-15-17-19-29(7-3)35(21-31(41)25-37,22-32(42)26-38)45-36(23-33(43)27-39,24-34(44)28-40)30(8-4)20-18-16-14-12-10-6-2/h29-34,37-44H,5-28H2,1-4H3. The first-order valence-corrected chi connectivity index (χ1v) is 18.4. The molecule has 0 heterocycles. The predicted octanol–water partition coefficient (Wildman–Crippen LogP) is 5.01. The molecule has 0 amide bonds. The van der Waals surface area contributed by atoms with Gasteiger partial charge in [-0.1, -0.05) is 118 Å². The summed E-state index contributed by atoms with van der Waals surface area (Å²) in [4.78, 5) is 0. The Hall–Kier alpha value is -0.360. The van der Waals surface area contributed by atoms with E-state index in [-0.39, 0.29) is 37.5 Å². The van der Waals surface area contributed by atoms with Crippen LogP contribution in [0.2, 0.25) is 0 Å². The van der Waals surface area contributed by atoms with Gasteiger partial charge in [0.1, 0.15) is 0 Å². The number of hydrogen-bond acceptors (Lipinski definition) is 9. The molecule has 0 bridgehead atoms. The molecule has 0 aromatic heterocycles. The van der Waals surface area contributed by atoms with Gasteiger partial charge in [-0.25, -0.2) is 0 Å². The predicted molar refractivity (Wildman–Crippen MR) is 181 cm³/mol. The summed E-state index contributed by atoms with van der Waals surface area (Å²) in [7, 11) is 0. The van der Waals surface area contributed by atoms with E-state index in [0.717, 1.165) is 64.2 Å². The van der Waals surface area contributed by atoms with E-state index >= 15 is 0 Å². The molecule has 6 unspecified atom stereocenters. The molecule has 272 valence electrons. The summed E-state index contributed by atoms with van der Waals surface area (Å²) in [5.41, 5.74) is -2.44. The molecular weight excluding hydrogens is 576 g/mol. The fourth-order valence-corrected chi connectivity index (χ4v) is 7.45. The van der Waals surface area contributed by atoms with E-state index in [2.05, 4.69) is 13.8 Å². The Bertz CT molecular complexity index is 586. The van der Waals surface area contributed by atoms with E-state index in [1.807, 2.05) is 13.8 Å². The molecule has 9 heteroatoms. The molecule has 0 aliphatic heterocycles. The molecule has 0 radical (unpaired) electrons. The van der Waals surface area contributed by atoms with Crippen LogP contribution >= 0.6 is 0 Å². The number of rotatable bonds is 32. The number of aliphatic hydroxyl groups excluding tert-OH is 8. The molecule has 0 aromatic rings. The van der Waals surface area contributed by atoms with Crippen molar-refractivity contribution in [3.63, 3.8) is 0 Å². The maximum atomic E-state index is 10.9. The van der Waals surface area contributed by atoms with Crippen LogP contribution in [0.5, 0.6) is 0 Å². The fourth-order valence-electron chi connectivity index (χ4n) is 7.45. The summed E-state index contributed by atoms with van der Waals surface area (Å²) >= 11 is 0. The summed E-state index contributed by atoms with van der Waals surface area (Å²) in [5, 5.41) is 83.7. The lowest BCUT2D eigenvalue weighted by molar-refractivity contribution is -0.251. The van der Waals surface area contributed by atoms with Gasteiger partial charge >= 0.3 is 0 Å². The van der Waals surface area contributed by atoms with E-state index < -0.39 is 62.0 Å². The molecule has 0 saturated heterocycles. The first-order chi connectivity index (χ1) is 21.6. The van der Waals surface area contributed by atoms with Crippen molar-refractivity contribution in [2.45, 2.75) is 192 Å². The average Bonchev–Trinajstić information content (AvgIpc) is 3.03. The summed E-state index contributed by atoms with van der Waals surface area (Å²) in [6.45, 7) is 6.42. The van der Waals surface area contributed by atoms with Crippen LogP contribution in [-0.4, -0.2) is 103 Å². The Balaban J connectivity index is 6.94. The van der Waals surface area contributed by atoms with Gasteiger partial charge in [0, 0.05) is 25.7 Å². The van der Waals surface area contributed by atoms with Gasteiger partial charge in [0.25, 0.3) is 0 Å². The second-order valence-electron chi connectivity index (χ2n) is 13.7. The first kappa shape index (κ1) is 44.6. The van der Waals surface area contributed by atoms with Crippen molar-refractivity contribution in [3.05, 3.63) is 0 Å². The molecule has 6 atom stereocenters. The van der Waals surface area contributed by atoms with Crippen LogP contribution in [0, 0.1) is 11.8 Å². The highest BCUT2D eigenvalue weighted by Gasteiger charge is 2.51. The molecule has 45 heavy (non-hydrogen) atoms. The lowest BCUT2D eigenvalue weighted by Crippen LogP contribution is -2.58. The topological polar surface area (TPSA) is 171 Å². The van der Waals surface area contributed by atoms with Crippen molar-refractivity contribution in [1.82, 2.24) is 0 Å². The number of unbranched alkanes of at least 4 members (excludes halogenated alkanes) is 10. The fraction of sp³-hybridized carbons (Fsp3) is 1.00. The summed E-state index contributed by atoms with van der Waals surface area (Å²) in [6, 6.07) is 0. The third-order valence-electron chi connectivity index (χ3n) is 9.86. The lowest BCUT2D eigenvalue weighted by atomic mass is 9.70. The largest absolute Gasteiger partial charge is 0.394 e. The zero-order chi connectivity index (χ0) is 34.1. The van der Waals surface area contributed by atoms with Gasteiger partial charge in [-0.15, -0.1) is 0 Å². The van der Waals surface area contributed by atoms with Gasteiger partial charge in [0.05, 0.1) is 62.0 Å². The summed E-state index contributed by atoms with van der Waals surface area (Å²) in [6.07, 6.45) is 11.3. The minimum Gasteiger partial charge on any atom is -0.394 e. The minimum absolute atomic E-state index is 0.00541. The van der Waals surface area contributed by atoms with Crippen LogP contribution < -0.4 is 0 Å². The second-order valence-corrected chi connectivity index (χ2v) is 13.7. The molecule has 8 N–H and O–H groups in total. The Kier molecular flexibility index (Phi) is 26.4. The van der Waals surface area contributed by atoms with Crippen molar-refractivity contribution in [2.75, 3.05) is 26.4 Å². The average molecular weight is 651 g/mol. The van der Waals surface area contributed by atoms with E-state index in [1.165, 1.54) is 25.7 Å². The van der Waals surface area contributed by atoms with Crippen molar-refractivity contribution >= 4 is 0 Å².